The molecule has 0 aliphatic heterocycles. The zero-order valence-corrected chi connectivity index (χ0v) is 14.5. The van der Waals surface area contributed by atoms with Gasteiger partial charge in [0, 0.05) is 11.8 Å². The number of ether oxygens (including phenoxy) is 1. The lowest BCUT2D eigenvalue weighted by atomic mass is 9.70. The lowest BCUT2D eigenvalue weighted by Gasteiger charge is -2.38. The van der Waals surface area contributed by atoms with Gasteiger partial charge in [-0.1, -0.05) is 26.8 Å². The quantitative estimate of drug-likeness (QED) is 0.582. The van der Waals surface area contributed by atoms with Crippen molar-refractivity contribution in [3.8, 4) is 11.5 Å². The van der Waals surface area contributed by atoms with Crippen LogP contribution in [0, 0.1) is 16.7 Å². The van der Waals surface area contributed by atoms with Gasteiger partial charge in [0.15, 0.2) is 17.6 Å². The number of carbonyl (C=O) groups is 1. The highest BCUT2D eigenvalue weighted by Gasteiger charge is 2.63. The summed E-state index contributed by atoms with van der Waals surface area (Å²) in [5.41, 5.74) is 0.671. The summed E-state index contributed by atoms with van der Waals surface area (Å²) in [6.45, 7) is 6.67. The molecule has 0 amide bonds. The molecule has 0 saturated heterocycles. The van der Waals surface area contributed by atoms with Gasteiger partial charge in [-0.05, 0) is 48.3 Å². The van der Waals surface area contributed by atoms with E-state index in [1.165, 1.54) is 18.6 Å². The minimum Gasteiger partial charge on any atom is -0.504 e. The van der Waals surface area contributed by atoms with Crippen LogP contribution in [0.5, 0.6) is 11.5 Å². The van der Waals surface area contributed by atoms with Gasteiger partial charge < -0.3 is 20.1 Å². The first-order valence-corrected chi connectivity index (χ1v) is 8.54. The molecule has 0 aromatic heterocycles. The van der Waals surface area contributed by atoms with E-state index in [1.807, 2.05) is 0 Å². The molecule has 2 bridgehead atoms. The SMILES string of the molecule is CC1(C)[C@@H]2CC[C@@]1(C)[C@@H](OC(=O)C(O)Cc1ccc(O)c(O)c1)C2. The average molecular weight is 334 g/mol. The second-order valence-electron chi connectivity index (χ2n) is 8.08. The van der Waals surface area contributed by atoms with Crippen LogP contribution in [0.25, 0.3) is 0 Å². The standard InChI is InChI=1S/C19H26O5/c1-18(2)12-6-7-19(18,3)16(10-12)24-17(23)15(22)9-11-4-5-13(20)14(21)8-11/h4-5,8,12,15-16,20-22H,6-7,9-10H2,1-3H3/t12-,15?,16+,19+/m1/s1. The summed E-state index contributed by atoms with van der Waals surface area (Å²) in [6, 6.07) is 4.24. The molecule has 1 aromatic rings. The number of aliphatic hydroxyl groups is 1. The number of benzene rings is 1. The van der Waals surface area contributed by atoms with Crippen LogP contribution in [0.3, 0.4) is 0 Å². The monoisotopic (exact) mass is 334 g/mol. The predicted molar refractivity (Wildman–Crippen MR) is 88.6 cm³/mol. The van der Waals surface area contributed by atoms with E-state index in [-0.39, 0.29) is 34.9 Å². The fourth-order valence-electron chi connectivity index (χ4n) is 4.53. The smallest absolute Gasteiger partial charge is 0.335 e. The lowest BCUT2D eigenvalue weighted by molar-refractivity contribution is -0.166. The minimum atomic E-state index is -1.28. The minimum absolute atomic E-state index is 0.0378. The normalized spacial score (nSPS) is 31.8. The maximum Gasteiger partial charge on any atom is 0.335 e. The van der Waals surface area contributed by atoms with Gasteiger partial charge in [0.05, 0.1) is 0 Å². The summed E-state index contributed by atoms with van der Waals surface area (Å²) in [4.78, 5) is 12.3. The number of fused-ring (bicyclic) bond motifs is 2. The van der Waals surface area contributed by atoms with E-state index in [2.05, 4.69) is 20.8 Å². The second-order valence-corrected chi connectivity index (χ2v) is 8.08. The number of aromatic hydroxyl groups is 2. The average Bonchev–Trinajstić information content (AvgIpc) is 2.84. The van der Waals surface area contributed by atoms with Crippen LogP contribution in [-0.2, 0) is 16.0 Å². The first-order valence-electron chi connectivity index (χ1n) is 8.54. The van der Waals surface area contributed by atoms with Gasteiger partial charge in [0.1, 0.15) is 6.10 Å². The summed E-state index contributed by atoms with van der Waals surface area (Å²) in [5, 5.41) is 29.0. The maximum absolute atomic E-state index is 12.3. The molecular weight excluding hydrogens is 308 g/mol. The van der Waals surface area contributed by atoms with Crippen molar-refractivity contribution in [1.82, 2.24) is 0 Å². The molecule has 5 heteroatoms. The number of phenolic OH excluding ortho intramolecular Hbond substituents is 2. The Hall–Kier alpha value is -1.75. The van der Waals surface area contributed by atoms with E-state index in [1.54, 1.807) is 6.07 Å². The van der Waals surface area contributed by atoms with Crippen LogP contribution in [-0.4, -0.2) is 33.5 Å². The van der Waals surface area contributed by atoms with Crippen molar-refractivity contribution in [3.63, 3.8) is 0 Å². The van der Waals surface area contributed by atoms with Crippen LogP contribution in [0.1, 0.15) is 45.6 Å². The van der Waals surface area contributed by atoms with Crippen molar-refractivity contribution < 1.29 is 24.9 Å². The van der Waals surface area contributed by atoms with Gasteiger partial charge in [-0.3, -0.25) is 0 Å². The van der Waals surface area contributed by atoms with Gasteiger partial charge in [0.25, 0.3) is 0 Å². The molecule has 0 heterocycles. The molecule has 0 spiro atoms. The molecule has 1 aromatic carbocycles. The molecule has 2 aliphatic carbocycles. The predicted octanol–water partition coefficient (Wildman–Crippen LogP) is 2.76. The number of phenols is 2. The summed E-state index contributed by atoms with van der Waals surface area (Å²) in [5.74, 6) is -0.549. The maximum atomic E-state index is 12.3. The number of aliphatic hydroxyl groups excluding tert-OH is 1. The largest absolute Gasteiger partial charge is 0.504 e. The summed E-state index contributed by atoms with van der Waals surface area (Å²) < 4.78 is 5.67. The van der Waals surface area contributed by atoms with E-state index in [9.17, 15) is 20.1 Å². The zero-order chi connectivity index (χ0) is 17.7. The molecule has 2 aliphatic rings. The molecule has 1 unspecified atom stereocenters. The van der Waals surface area contributed by atoms with Crippen LogP contribution in [0.2, 0.25) is 0 Å². The molecule has 2 fully saturated rings. The van der Waals surface area contributed by atoms with E-state index < -0.39 is 12.1 Å². The second kappa shape index (κ2) is 5.66. The van der Waals surface area contributed by atoms with Crippen molar-refractivity contribution >= 4 is 5.97 Å². The Labute approximate surface area is 142 Å². The summed E-state index contributed by atoms with van der Waals surface area (Å²) in [7, 11) is 0. The molecule has 132 valence electrons. The highest BCUT2D eigenvalue weighted by atomic mass is 16.6. The number of hydrogen-bond acceptors (Lipinski definition) is 5. The van der Waals surface area contributed by atoms with Crippen LogP contribution >= 0.6 is 0 Å². The Morgan fingerprint density at radius 3 is 2.54 bits per heavy atom. The van der Waals surface area contributed by atoms with Crippen molar-refractivity contribution in [1.29, 1.82) is 0 Å². The van der Waals surface area contributed by atoms with Gasteiger partial charge in [-0.2, -0.15) is 0 Å². The van der Waals surface area contributed by atoms with Crippen LogP contribution < -0.4 is 0 Å². The molecule has 2 saturated carbocycles. The number of carbonyl (C=O) groups excluding carboxylic acids is 1. The fraction of sp³-hybridized carbons (Fsp3) is 0.632. The van der Waals surface area contributed by atoms with E-state index >= 15 is 0 Å². The summed E-state index contributed by atoms with van der Waals surface area (Å²) in [6.07, 6.45) is 1.70. The fourth-order valence-corrected chi connectivity index (χ4v) is 4.53. The van der Waals surface area contributed by atoms with Gasteiger partial charge in [-0.25, -0.2) is 4.79 Å². The van der Waals surface area contributed by atoms with Crippen molar-refractivity contribution in [2.24, 2.45) is 16.7 Å². The first-order chi connectivity index (χ1) is 11.1. The van der Waals surface area contributed by atoms with E-state index in [0.29, 0.717) is 11.5 Å². The Balaban J connectivity index is 1.64. The Kier molecular flexibility index (Phi) is 4.03. The first kappa shape index (κ1) is 17.1. The van der Waals surface area contributed by atoms with Crippen LogP contribution in [0.4, 0.5) is 0 Å². The zero-order valence-electron chi connectivity index (χ0n) is 14.5. The molecule has 3 rings (SSSR count). The highest BCUT2D eigenvalue weighted by molar-refractivity contribution is 5.75. The Morgan fingerprint density at radius 2 is 2.00 bits per heavy atom. The topological polar surface area (TPSA) is 87.0 Å². The molecule has 4 atom stereocenters. The number of hydrogen-bond donors (Lipinski definition) is 3. The molecule has 0 radical (unpaired) electrons. The lowest BCUT2D eigenvalue weighted by Crippen LogP contribution is -2.40. The third-order valence-electron chi connectivity index (χ3n) is 6.71. The van der Waals surface area contributed by atoms with Crippen molar-refractivity contribution in [2.45, 2.75) is 58.7 Å². The van der Waals surface area contributed by atoms with Gasteiger partial charge in [-0.15, -0.1) is 0 Å². The highest BCUT2D eigenvalue weighted by Crippen LogP contribution is 2.66. The molecule has 24 heavy (non-hydrogen) atoms. The third-order valence-corrected chi connectivity index (χ3v) is 6.71. The van der Waals surface area contributed by atoms with E-state index in [4.69, 9.17) is 4.74 Å². The Morgan fingerprint density at radius 1 is 1.29 bits per heavy atom. The Bertz CT molecular complexity index is 653. The van der Waals surface area contributed by atoms with Gasteiger partial charge >= 0.3 is 5.97 Å². The third kappa shape index (κ3) is 2.55. The van der Waals surface area contributed by atoms with Gasteiger partial charge in [0.2, 0.25) is 0 Å². The van der Waals surface area contributed by atoms with Crippen molar-refractivity contribution in [3.05, 3.63) is 23.8 Å². The summed E-state index contributed by atoms with van der Waals surface area (Å²) >= 11 is 0. The molecule has 5 nitrogen and oxygen atoms in total. The molecular formula is C19H26O5. The van der Waals surface area contributed by atoms with Crippen LogP contribution in [0.15, 0.2) is 18.2 Å². The number of esters is 1. The van der Waals surface area contributed by atoms with E-state index in [0.717, 1.165) is 12.8 Å². The van der Waals surface area contributed by atoms with Crippen molar-refractivity contribution in [2.75, 3.05) is 0 Å². The number of rotatable bonds is 4. The molecule has 3 N–H and O–H groups in total.